The molecular weight excluding hydrogens is 296 g/mol. The van der Waals surface area contributed by atoms with Gasteiger partial charge < -0.3 is 0 Å². The first kappa shape index (κ1) is 15.0. The van der Waals surface area contributed by atoms with E-state index in [1.807, 2.05) is 36.4 Å². The molecule has 3 rings (SSSR count). The lowest BCUT2D eigenvalue weighted by molar-refractivity contribution is 0.587. The van der Waals surface area contributed by atoms with Gasteiger partial charge in [-0.2, -0.15) is 0 Å². The van der Waals surface area contributed by atoms with Crippen molar-refractivity contribution in [2.24, 2.45) is 0 Å². The van der Waals surface area contributed by atoms with Crippen molar-refractivity contribution in [3.8, 4) is 0 Å². The summed E-state index contributed by atoms with van der Waals surface area (Å²) in [5.41, 5.74) is 1.17. The largest absolute Gasteiger partial charge is 0.251 e. The molecule has 0 unspecified atom stereocenters. The van der Waals surface area contributed by atoms with Gasteiger partial charge >= 0.3 is 0 Å². The molecule has 0 aliphatic heterocycles. The Balaban J connectivity index is 1.68. The molecule has 116 valence electrons. The van der Waals surface area contributed by atoms with Gasteiger partial charge in [-0.25, -0.2) is 13.4 Å². The summed E-state index contributed by atoms with van der Waals surface area (Å²) < 4.78 is 26.9. The van der Waals surface area contributed by atoms with Gasteiger partial charge in [0, 0.05) is 12.2 Å². The van der Waals surface area contributed by atoms with Gasteiger partial charge in [-0.3, -0.25) is 4.31 Å². The first-order valence-electron chi connectivity index (χ1n) is 7.64. The molecule has 1 aromatic carbocycles. The number of anilines is 1. The molecule has 0 bridgehead atoms. The molecule has 0 N–H and O–H groups in total. The van der Waals surface area contributed by atoms with E-state index in [1.165, 1.54) is 9.87 Å². The molecule has 1 aliphatic carbocycles. The summed E-state index contributed by atoms with van der Waals surface area (Å²) >= 11 is 0. The van der Waals surface area contributed by atoms with Crippen LogP contribution in [0, 0.1) is 0 Å². The first-order valence-corrected chi connectivity index (χ1v) is 9.25. The zero-order valence-corrected chi connectivity index (χ0v) is 13.2. The lowest BCUT2D eigenvalue weighted by Gasteiger charge is -2.23. The van der Waals surface area contributed by atoms with E-state index in [4.69, 9.17) is 0 Å². The maximum Gasteiger partial charge on any atom is 0.236 e. The van der Waals surface area contributed by atoms with Crippen molar-refractivity contribution in [2.45, 2.75) is 31.7 Å². The van der Waals surface area contributed by atoms with E-state index >= 15 is 0 Å². The zero-order valence-electron chi connectivity index (χ0n) is 12.4. The summed E-state index contributed by atoms with van der Waals surface area (Å²) in [6.45, 7) is 0. The standard InChI is InChI=1S/C17H20N2O2S/c20-22(21,14-6-9-15-7-2-1-3-8-15)19(16-11-12-16)17-10-4-5-13-18-17/h1-5,7-8,10,13,16H,6,9,11-12,14H2. The Morgan fingerprint density at radius 1 is 1.05 bits per heavy atom. The van der Waals surface area contributed by atoms with Crippen LogP contribution in [0.2, 0.25) is 0 Å². The maximum atomic E-state index is 12.7. The highest BCUT2D eigenvalue weighted by Crippen LogP contribution is 2.33. The summed E-state index contributed by atoms with van der Waals surface area (Å²) in [4.78, 5) is 4.22. The number of rotatable bonds is 7. The summed E-state index contributed by atoms with van der Waals surface area (Å²) in [5.74, 6) is 0.708. The van der Waals surface area contributed by atoms with Crippen molar-refractivity contribution in [3.05, 3.63) is 60.3 Å². The van der Waals surface area contributed by atoms with Gasteiger partial charge in [0.1, 0.15) is 5.82 Å². The average Bonchev–Trinajstić information content (AvgIpc) is 3.34. The van der Waals surface area contributed by atoms with E-state index in [-0.39, 0.29) is 11.8 Å². The number of hydrogen-bond donors (Lipinski definition) is 0. The van der Waals surface area contributed by atoms with E-state index in [9.17, 15) is 8.42 Å². The van der Waals surface area contributed by atoms with Gasteiger partial charge in [0.2, 0.25) is 10.0 Å². The number of aryl methyl sites for hydroxylation is 1. The van der Waals surface area contributed by atoms with E-state index in [2.05, 4.69) is 4.98 Å². The second kappa shape index (κ2) is 6.48. The zero-order chi connectivity index (χ0) is 15.4. The minimum absolute atomic E-state index is 0.0941. The average molecular weight is 316 g/mol. The number of sulfonamides is 1. The summed E-state index contributed by atoms with van der Waals surface area (Å²) in [6, 6.07) is 15.5. The van der Waals surface area contributed by atoms with Crippen LogP contribution in [0.5, 0.6) is 0 Å². The Bertz CT molecular complexity index is 698. The van der Waals surface area contributed by atoms with Crippen LogP contribution in [-0.2, 0) is 16.4 Å². The Morgan fingerprint density at radius 2 is 1.77 bits per heavy atom. The summed E-state index contributed by atoms with van der Waals surface area (Å²) in [5, 5.41) is 0. The topological polar surface area (TPSA) is 50.3 Å². The Labute approximate surface area is 131 Å². The SMILES string of the molecule is O=S(=O)(CCCc1ccccc1)N(c1ccccn1)C1CC1. The fourth-order valence-corrected chi connectivity index (χ4v) is 4.32. The Morgan fingerprint density at radius 3 is 2.41 bits per heavy atom. The third-order valence-corrected chi connectivity index (χ3v) is 5.65. The second-order valence-corrected chi connectivity index (χ2v) is 7.59. The van der Waals surface area contributed by atoms with Gasteiger partial charge in [-0.15, -0.1) is 0 Å². The minimum atomic E-state index is -3.31. The molecular formula is C17H20N2O2S. The number of benzene rings is 1. The molecule has 22 heavy (non-hydrogen) atoms. The van der Waals surface area contributed by atoms with Gasteiger partial charge in [0.25, 0.3) is 0 Å². The van der Waals surface area contributed by atoms with Gasteiger partial charge in [0.05, 0.1) is 5.75 Å². The van der Waals surface area contributed by atoms with E-state index < -0.39 is 10.0 Å². The molecule has 1 aliphatic rings. The van der Waals surface area contributed by atoms with Crippen LogP contribution in [0.15, 0.2) is 54.7 Å². The molecule has 1 fully saturated rings. The van der Waals surface area contributed by atoms with Crippen LogP contribution < -0.4 is 4.31 Å². The summed E-state index contributed by atoms with van der Waals surface area (Å²) in [7, 11) is -3.31. The predicted molar refractivity (Wildman–Crippen MR) is 88.3 cm³/mol. The smallest absolute Gasteiger partial charge is 0.236 e. The van der Waals surface area contributed by atoms with E-state index in [1.54, 1.807) is 18.3 Å². The molecule has 0 radical (unpaired) electrons. The molecule has 1 heterocycles. The van der Waals surface area contributed by atoms with Crippen molar-refractivity contribution in [3.63, 3.8) is 0 Å². The summed E-state index contributed by atoms with van der Waals surface area (Å²) in [6.07, 6.45) is 4.90. The Kier molecular flexibility index (Phi) is 4.43. The molecule has 1 aromatic heterocycles. The maximum absolute atomic E-state index is 12.7. The molecule has 0 spiro atoms. The van der Waals surface area contributed by atoms with Crippen molar-refractivity contribution < 1.29 is 8.42 Å². The molecule has 2 aromatic rings. The van der Waals surface area contributed by atoms with E-state index in [0.717, 1.165) is 19.3 Å². The van der Waals surface area contributed by atoms with Crippen molar-refractivity contribution in [1.82, 2.24) is 4.98 Å². The third-order valence-electron chi connectivity index (χ3n) is 3.76. The van der Waals surface area contributed by atoms with Gasteiger partial charge in [0.15, 0.2) is 0 Å². The minimum Gasteiger partial charge on any atom is -0.251 e. The van der Waals surface area contributed by atoms with Crippen LogP contribution in [0.25, 0.3) is 0 Å². The van der Waals surface area contributed by atoms with Crippen LogP contribution in [0.4, 0.5) is 5.82 Å². The highest BCUT2D eigenvalue weighted by Gasteiger charge is 2.37. The molecule has 0 amide bonds. The molecule has 1 saturated carbocycles. The quantitative estimate of drug-likeness (QED) is 0.789. The van der Waals surface area contributed by atoms with Crippen LogP contribution in [0.1, 0.15) is 24.8 Å². The van der Waals surface area contributed by atoms with Gasteiger partial charge in [-0.1, -0.05) is 36.4 Å². The highest BCUT2D eigenvalue weighted by atomic mass is 32.2. The Hall–Kier alpha value is -1.88. The highest BCUT2D eigenvalue weighted by molar-refractivity contribution is 7.92. The van der Waals surface area contributed by atoms with Crippen LogP contribution in [-0.4, -0.2) is 25.2 Å². The molecule has 4 nitrogen and oxygen atoms in total. The normalized spacial score (nSPS) is 14.7. The molecule has 0 saturated heterocycles. The lowest BCUT2D eigenvalue weighted by Crippen LogP contribution is -2.35. The van der Waals surface area contributed by atoms with Crippen LogP contribution >= 0.6 is 0 Å². The number of hydrogen-bond acceptors (Lipinski definition) is 3. The number of pyridine rings is 1. The van der Waals surface area contributed by atoms with Crippen molar-refractivity contribution in [2.75, 3.05) is 10.1 Å². The van der Waals surface area contributed by atoms with E-state index in [0.29, 0.717) is 12.2 Å². The predicted octanol–water partition coefficient (Wildman–Crippen LogP) is 3.01. The molecule has 0 atom stereocenters. The lowest BCUT2D eigenvalue weighted by atomic mass is 10.1. The monoisotopic (exact) mass is 316 g/mol. The second-order valence-electron chi connectivity index (χ2n) is 5.62. The molecule has 5 heteroatoms. The third kappa shape index (κ3) is 3.65. The fourth-order valence-electron chi connectivity index (χ4n) is 2.55. The first-order chi connectivity index (χ1) is 10.7. The number of nitrogens with zero attached hydrogens (tertiary/aromatic N) is 2. The fraction of sp³-hybridized carbons (Fsp3) is 0.353. The van der Waals surface area contributed by atoms with Crippen molar-refractivity contribution in [1.29, 1.82) is 0 Å². The van der Waals surface area contributed by atoms with Crippen molar-refractivity contribution >= 4 is 15.8 Å². The number of aromatic nitrogens is 1. The van der Waals surface area contributed by atoms with Gasteiger partial charge in [-0.05, 0) is 43.4 Å². The van der Waals surface area contributed by atoms with Crippen LogP contribution in [0.3, 0.4) is 0 Å².